The molecule has 0 aliphatic heterocycles. The Bertz CT molecular complexity index is 544. The molecular weight excluding hydrogens is 310 g/mol. The highest BCUT2D eigenvalue weighted by Gasteiger charge is 2.41. The highest BCUT2D eigenvalue weighted by Crippen LogP contribution is 2.33. The van der Waals surface area contributed by atoms with E-state index in [4.69, 9.17) is 5.73 Å². The quantitative estimate of drug-likeness (QED) is 0.781. The van der Waals surface area contributed by atoms with E-state index in [1.807, 2.05) is 5.32 Å². The van der Waals surface area contributed by atoms with Gasteiger partial charge < -0.3 is 11.1 Å². The summed E-state index contributed by atoms with van der Waals surface area (Å²) < 4.78 is 76.3. The minimum atomic E-state index is -4.27. The smallest absolute Gasteiger partial charge is 0.324 e. The summed E-state index contributed by atoms with van der Waals surface area (Å²) in [4.78, 5) is -0.426. The van der Waals surface area contributed by atoms with Gasteiger partial charge in [0.05, 0.1) is 12.3 Å². The summed E-state index contributed by atoms with van der Waals surface area (Å²) in [6.07, 6.45) is -3.85. The van der Waals surface area contributed by atoms with Gasteiger partial charge in [-0.25, -0.2) is 17.2 Å². The molecule has 0 aliphatic rings. The minimum Gasteiger partial charge on any atom is -0.382 e. The molecule has 0 spiro atoms. The summed E-state index contributed by atoms with van der Waals surface area (Å²) in [5, 5.41) is 1.70. The predicted molar refractivity (Wildman–Crippen MR) is 63.7 cm³/mol. The van der Waals surface area contributed by atoms with Crippen LogP contribution in [0.4, 0.5) is 28.4 Å². The van der Waals surface area contributed by atoms with Gasteiger partial charge in [-0.1, -0.05) is 6.92 Å². The molecule has 3 N–H and O–H groups in total. The molecule has 0 saturated carbocycles. The molecule has 11 heteroatoms. The summed E-state index contributed by atoms with van der Waals surface area (Å²) in [5.41, 5.74) is 5.35. The van der Waals surface area contributed by atoms with E-state index in [-0.39, 0.29) is 16.6 Å². The normalized spacial score (nSPS) is 12.9. The second-order valence-electron chi connectivity index (χ2n) is 3.54. The maximum absolute atomic E-state index is 12.7. The van der Waals surface area contributed by atoms with Gasteiger partial charge in [0, 0.05) is 0 Å². The van der Waals surface area contributed by atoms with Crippen molar-refractivity contribution in [3.63, 3.8) is 0 Å². The third-order valence-electron chi connectivity index (χ3n) is 2.17. The lowest BCUT2D eigenvalue weighted by Gasteiger charge is -2.16. The second-order valence-corrected chi connectivity index (χ2v) is 6.53. The van der Waals surface area contributed by atoms with Gasteiger partial charge in [0.2, 0.25) is 0 Å². The van der Waals surface area contributed by atoms with Gasteiger partial charge in [-0.05, 0) is 11.5 Å². The summed E-state index contributed by atoms with van der Waals surface area (Å²) in [6.45, 7) is -0.0669. The number of hydrogen-bond acceptors (Lipinski definition) is 6. The molecule has 0 unspecified atom stereocenters. The van der Waals surface area contributed by atoms with Crippen LogP contribution in [0, 0.1) is 0 Å². The van der Waals surface area contributed by atoms with Crippen molar-refractivity contribution in [3.05, 3.63) is 0 Å². The number of nitrogens with one attached hydrogen (secondary N) is 1. The zero-order valence-electron chi connectivity index (χ0n) is 9.66. The van der Waals surface area contributed by atoms with Crippen molar-refractivity contribution in [2.75, 3.05) is 23.3 Å². The standard InChI is InChI=1S/C8H11F4N3O2S2/c1-2-19(16,17)4-5(13)15-18-6(4)14-3-8(11,12)7(9)10/h7,14H,2-3H2,1H3,(H2,13,15). The molecule has 5 nitrogen and oxygen atoms in total. The molecule has 1 heterocycles. The molecule has 1 aromatic rings. The SMILES string of the molecule is CCS(=O)(=O)c1c(N)nsc1NCC(F)(F)C(F)F. The Morgan fingerprint density at radius 3 is 2.53 bits per heavy atom. The molecule has 1 aromatic heterocycles. The Kier molecular flexibility index (Phi) is 4.61. The Balaban J connectivity index is 2.99. The van der Waals surface area contributed by atoms with E-state index in [1.165, 1.54) is 6.92 Å². The van der Waals surface area contributed by atoms with Crippen LogP contribution in [0.15, 0.2) is 4.90 Å². The van der Waals surface area contributed by atoms with Crippen molar-refractivity contribution < 1.29 is 26.0 Å². The van der Waals surface area contributed by atoms with E-state index >= 15 is 0 Å². The van der Waals surface area contributed by atoms with Crippen molar-refractivity contribution in [3.8, 4) is 0 Å². The summed E-state index contributed by atoms with van der Waals surface area (Å²) >= 11 is 0.527. The third kappa shape index (κ3) is 3.47. The van der Waals surface area contributed by atoms with Crippen LogP contribution < -0.4 is 11.1 Å². The van der Waals surface area contributed by atoms with Gasteiger partial charge in [0.25, 0.3) is 0 Å². The number of nitrogens with zero attached hydrogens (tertiary/aromatic N) is 1. The highest BCUT2D eigenvalue weighted by atomic mass is 32.2. The molecule has 0 radical (unpaired) electrons. The maximum atomic E-state index is 12.7. The van der Waals surface area contributed by atoms with Crippen LogP contribution >= 0.6 is 11.5 Å². The molecule has 0 atom stereocenters. The first-order chi connectivity index (χ1) is 8.62. The molecule has 110 valence electrons. The van der Waals surface area contributed by atoms with Crippen LogP contribution in [-0.4, -0.2) is 37.4 Å². The zero-order valence-corrected chi connectivity index (χ0v) is 11.3. The Morgan fingerprint density at radius 1 is 1.47 bits per heavy atom. The van der Waals surface area contributed by atoms with E-state index in [0.717, 1.165) is 0 Å². The van der Waals surface area contributed by atoms with Crippen LogP contribution in [0.2, 0.25) is 0 Å². The third-order valence-corrected chi connectivity index (χ3v) is 4.91. The fraction of sp³-hybridized carbons (Fsp3) is 0.625. The predicted octanol–water partition coefficient (Wildman–Crippen LogP) is 1.83. The van der Waals surface area contributed by atoms with Gasteiger partial charge in [0.1, 0.15) is 9.90 Å². The van der Waals surface area contributed by atoms with Crippen LogP contribution in [0.1, 0.15) is 6.92 Å². The number of hydrogen-bond donors (Lipinski definition) is 2. The monoisotopic (exact) mass is 321 g/mol. The first kappa shape index (κ1) is 16.0. The minimum absolute atomic E-state index is 0.264. The van der Waals surface area contributed by atoms with Crippen molar-refractivity contribution >= 4 is 32.2 Å². The van der Waals surface area contributed by atoms with E-state index in [2.05, 4.69) is 4.37 Å². The van der Waals surface area contributed by atoms with Crippen LogP contribution in [0.3, 0.4) is 0 Å². The topological polar surface area (TPSA) is 85.1 Å². The van der Waals surface area contributed by atoms with Crippen LogP contribution in [0.5, 0.6) is 0 Å². The number of sulfone groups is 1. The van der Waals surface area contributed by atoms with E-state index in [0.29, 0.717) is 11.5 Å². The van der Waals surface area contributed by atoms with Gasteiger partial charge >= 0.3 is 12.3 Å². The summed E-state index contributed by atoms with van der Waals surface area (Å²) in [7, 11) is -3.78. The molecule has 0 bridgehead atoms. The first-order valence-corrected chi connectivity index (χ1v) is 7.42. The molecule has 0 saturated heterocycles. The number of nitrogens with two attached hydrogens (primary N) is 1. The zero-order chi connectivity index (χ0) is 14.8. The lowest BCUT2D eigenvalue weighted by atomic mass is 10.3. The van der Waals surface area contributed by atoms with Gasteiger partial charge in [-0.15, -0.1) is 0 Å². The number of alkyl halides is 4. The average molecular weight is 321 g/mol. The van der Waals surface area contributed by atoms with Crippen molar-refractivity contribution in [2.24, 2.45) is 0 Å². The Hall–Kier alpha value is -1.10. The number of anilines is 2. The van der Waals surface area contributed by atoms with Gasteiger partial charge in [-0.2, -0.15) is 13.2 Å². The fourth-order valence-electron chi connectivity index (χ4n) is 1.13. The van der Waals surface area contributed by atoms with E-state index in [1.54, 1.807) is 0 Å². The number of halogens is 4. The number of rotatable bonds is 6. The van der Waals surface area contributed by atoms with Crippen LogP contribution in [0.25, 0.3) is 0 Å². The van der Waals surface area contributed by atoms with Crippen LogP contribution in [-0.2, 0) is 9.84 Å². The fourth-order valence-corrected chi connectivity index (χ4v) is 3.29. The average Bonchev–Trinajstić information content (AvgIpc) is 2.68. The summed E-state index contributed by atoms with van der Waals surface area (Å²) in [5.74, 6) is -4.92. The highest BCUT2D eigenvalue weighted by molar-refractivity contribution is 7.91. The molecular formula is C8H11F4N3O2S2. The molecule has 0 aliphatic carbocycles. The molecule has 0 amide bonds. The largest absolute Gasteiger partial charge is 0.382 e. The van der Waals surface area contributed by atoms with Crippen molar-refractivity contribution in [2.45, 2.75) is 24.2 Å². The van der Waals surface area contributed by atoms with Gasteiger partial charge in [0.15, 0.2) is 15.7 Å². The first-order valence-electron chi connectivity index (χ1n) is 4.99. The lowest BCUT2D eigenvalue weighted by molar-refractivity contribution is -0.117. The number of nitrogen functional groups attached to an aromatic ring is 1. The van der Waals surface area contributed by atoms with Gasteiger partial charge in [-0.3, -0.25) is 0 Å². The lowest BCUT2D eigenvalue weighted by Crippen LogP contribution is -2.34. The Morgan fingerprint density at radius 2 is 2.05 bits per heavy atom. The molecule has 0 aromatic carbocycles. The molecule has 19 heavy (non-hydrogen) atoms. The second kappa shape index (κ2) is 5.49. The summed E-state index contributed by atoms with van der Waals surface area (Å²) in [6, 6.07) is 0. The number of aromatic nitrogens is 1. The van der Waals surface area contributed by atoms with Crippen molar-refractivity contribution in [1.29, 1.82) is 0 Å². The molecule has 0 fully saturated rings. The van der Waals surface area contributed by atoms with Crippen molar-refractivity contribution in [1.82, 2.24) is 4.37 Å². The van der Waals surface area contributed by atoms with E-state index in [9.17, 15) is 26.0 Å². The Labute approximate surface area is 110 Å². The molecule has 1 rings (SSSR count). The van der Waals surface area contributed by atoms with E-state index < -0.39 is 33.6 Å². The maximum Gasteiger partial charge on any atom is 0.324 e.